The predicted octanol–water partition coefficient (Wildman–Crippen LogP) is 0.344. The summed E-state index contributed by atoms with van der Waals surface area (Å²) in [6.07, 6.45) is 0.0675. The van der Waals surface area contributed by atoms with Gasteiger partial charge in [0.2, 0.25) is 6.29 Å². The van der Waals surface area contributed by atoms with E-state index >= 15 is 0 Å². The smallest absolute Gasteiger partial charge is 0.336 e. The van der Waals surface area contributed by atoms with Crippen LogP contribution in [0, 0.1) is 22.7 Å². The number of cyclic esters (lactones) is 1. The van der Waals surface area contributed by atoms with Crippen LogP contribution in [0.1, 0.15) is 52.4 Å². The van der Waals surface area contributed by atoms with E-state index in [0.29, 0.717) is 31.3 Å². The Hall–Kier alpha value is -1.82. The molecule has 0 aromatic rings. The maximum absolute atomic E-state index is 13.4. The van der Waals surface area contributed by atoms with Crippen LogP contribution in [0.3, 0.4) is 0 Å². The number of allylic oxidation sites excluding steroid dienone is 1. The summed E-state index contributed by atoms with van der Waals surface area (Å²) >= 11 is 0. The minimum atomic E-state index is -1.67. The third kappa shape index (κ3) is 4.75. The minimum absolute atomic E-state index is 0.0337. The number of carbonyl (C=O) groups is 2. The number of hydrogen-bond donors (Lipinski definition) is 5. The van der Waals surface area contributed by atoms with E-state index in [1.807, 2.05) is 13.0 Å². The molecule has 10 nitrogen and oxygen atoms in total. The molecule has 202 valence electrons. The maximum Gasteiger partial charge on any atom is 0.336 e. The van der Waals surface area contributed by atoms with Crippen molar-refractivity contribution in [2.24, 2.45) is 22.7 Å². The van der Waals surface area contributed by atoms with Crippen molar-refractivity contribution >= 4 is 11.9 Å². The highest BCUT2D eigenvalue weighted by Crippen LogP contribution is 2.62. The van der Waals surface area contributed by atoms with E-state index in [0.717, 1.165) is 18.4 Å². The van der Waals surface area contributed by atoms with Crippen LogP contribution in [0.15, 0.2) is 23.3 Å². The summed E-state index contributed by atoms with van der Waals surface area (Å²) < 4.78 is 15.9. The Morgan fingerprint density at radius 3 is 2.50 bits per heavy atom. The predicted molar refractivity (Wildman–Crippen MR) is 125 cm³/mol. The molecular weight excluding hydrogens is 472 g/mol. The third-order valence-electron chi connectivity index (χ3n) is 9.15. The molecule has 4 aliphatic rings. The second kappa shape index (κ2) is 10.5. The topological polar surface area (TPSA) is 163 Å². The van der Waals surface area contributed by atoms with Gasteiger partial charge in [0.1, 0.15) is 31.0 Å². The number of esters is 2. The molecule has 2 heterocycles. The molecule has 10 heteroatoms. The van der Waals surface area contributed by atoms with Crippen LogP contribution < -0.4 is 0 Å². The molecule has 0 unspecified atom stereocenters. The fourth-order valence-electron chi connectivity index (χ4n) is 6.90. The molecule has 0 amide bonds. The lowest BCUT2D eigenvalue weighted by atomic mass is 9.46. The van der Waals surface area contributed by atoms with E-state index < -0.39 is 48.7 Å². The molecule has 4 rings (SSSR count). The zero-order valence-corrected chi connectivity index (χ0v) is 20.8. The van der Waals surface area contributed by atoms with Gasteiger partial charge >= 0.3 is 11.9 Å². The normalized spacial score (nSPS) is 42.8. The van der Waals surface area contributed by atoms with Crippen molar-refractivity contribution in [1.82, 2.24) is 0 Å². The van der Waals surface area contributed by atoms with Gasteiger partial charge in [0.05, 0.1) is 6.61 Å². The summed E-state index contributed by atoms with van der Waals surface area (Å²) in [5.74, 6) is -0.915. The third-order valence-corrected chi connectivity index (χ3v) is 9.15. The van der Waals surface area contributed by atoms with Gasteiger partial charge in [-0.25, -0.2) is 9.59 Å². The van der Waals surface area contributed by atoms with Gasteiger partial charge in [-0.2, -0.15) is 0 Å². The van der Waals surface area contributed by atoms with Crippen molar-refractivity contribution in [2.75, 3.05) is 19.8 Å². The fourth-order valence-corrected chi connectivity index (χ4v) is 6.90. The second-order valence-electron chi connectivity index (χ2n) is 11.1. The minimum Gasteiger partial charge on any atom is -0.458 e. The van der Waals surface area contributed by atoms with E-state index in [1.165, 1.54) is 6.08 Å². The Morgan fingerprint density at radius 1 is 1.11 bits per heavy atom. The molecule has 5 N–H and O–H groups in total. The largest absolute Gasteiger partial charge is 0.458 e. The average molecular weight is 511 g/mol. The van der Waals surface area contributed by atoms with Crippen LogP contribution in [0.2, 0.25) is 0 Å². The lowest BCUT2D eigenvalue weighted by molar-refractivity contribution is -0.291. The monoisotopic (exact) mass is 510 g/mol. The van der Waals surface area contributed by atoms with Crippen molar-refractivity contribution < 1.29 is 49.3 Å². The summed E-state index contributed by atoms with van der Waals surface area (Å²) in [5.41, 5.74) is 0.535. The summed E-state index contributed by atoms with van der Waals surface area (Å²) in [6, 6.07) is 0. The van der Waals surface area contributed by atoms with E-state index in [4.69, 9.17) is 14.2 Å². The molecule has 0 radical (unpaired) electrons. The number of fused-ring (bicyclic) bond motifs is 1. The van der Waals surface area contributed by atoms with Crippen LogP contribution in [-0.2, 0) is 23.8 Å². The summed E-state index contributed by atoms with van der Waals surface area (Å²) in [6.45, 7) is 3.89. The highest BCUT2D eigenvalue weighted by Gasteiger charge is 2.57. The van der Waals surface area contributed by atoms with Crippen LogP contribution in [-0.4, -0.2) is 88.0 Å². The molecule has 1 saturated carbocycles. The Labute approximate surface area is 210 Å². The fraction of sp³-hybridized carbons (Fsp3) is 0.769. The summed E-state index contributed by atoms with van der Waals surface area (Å²) in [4.78, 5) is 24.9. The van der Waals surface area contributed by atoms with Gasteiger partial charge in [-0.1, -0.05) is 19.9 Å². The standard InChI is InChI=1S/C26H38O10/c1-25(8-6-14-10-19(29)34-13-14)15(11-27)7-9-26(2)16(4-3-5-18(25)26)23(33)36-24-22(32)21(31)20(30)17(12-28)35-24/h4,10,15,17-18,20-22,24,27-28,30-32H,3,5-9,11-13H2,1-2H3/t15-,17+,18+,20+,21-,22+,24-,25-,26-/m0/s1. The van der Waals surface area contributed by atoms with Crippen molar-refractivity contribution in [3.05, 3.63) is 23.3 Å². The number of hydrogen-bond acceptors (Lipinski definition) is 10. The first-order valence-electron chi connectivity index (χ1n) is 12.7. The van der Waals surface area contributed by atoms with Crippen LogP contribution in [0.5, 0.6) is 0 Å². The molecule has 36 heavy (non-hydrogen) atoms. The quantitative estimate of drug-likeness (QED) is 0.302. The van der Waals surface area contributed by atoms with Crippen LogP contribution >= 0.6 is 0 Å². The van der Waals surface area contributed by atoms with Crippen LogP contribution in [0.25, 0.3) is 0 Å². The lowest BCUT2D eigenvalue weighted by Crippen LogP contribution is -2.60. The van der Waals surface area contributed by atoms with Gasteiger partial charge in [-0.15, -0.1) is 0 Å². The van der Waals surface area contributed by atoms with E-state index in [9.17, 15) is 35.1 Å². The summed E-state index contributed by atoms with van der Waals surface area (Å²) in [7, 11) is 0. The molecule has 0 bridgehead atoms. The zero-order chi connectivity index (χ0) is 26.3. The first-order valence-corrected chi connectivity index (χ1v) is 12.7. The molecule has 2 aliphatic carbocycles. The highest BCUT2D eigenvalue weighted by molar-refractivity contribution is 5.90. The zero-order valence-electron chi connectivity index (χ0n) is 20.8. The Kier molecular flexibility index (Phi) is 7.95. The number of carbonyl (C=O) groups excluding carboxylic acids is 2. The van der Waals surface area contributed by atoms with Crippen molar-refractivity contribution in [3.8, 4) is 0 Å². The van der Waals surface area contributed by atoms with Crippen molar-refractivity contribution in [1.29, 1.82) is 0 Å². The maximum atomic E-state index is 13.4. The molecule has 2 aliphatic heterocycles. The average Bonchev–Trinajstić information content (AvgIpc) is 3.28. The number of aliphatic hydroxyl groups excluding tert-OH is 5. The molecule has 1 saturated heterocycles. The lowest BCUT2D eigenvalue weighted by Gasteiger charge is -2.58. The van der Waals surface area contributed by atoms with Crippen LogP contribution in [0.4, 0.5) is 0 Å². The molecule has 0 aromatic heterocycles. The van der Waals surface area contributed by atoms with E-state index in [2.05, 4.69) is 6.92 Å². The van der Waals surface area contributed by atoms with Gasteiger partial charge in [0.25, 0.3) is 0 Å². The first-order chi connectivity index (χ1) is 17.0. The molecule has 0 aromatic carbocycles. The van der Waals surface area contributed by atoms with E-state index in [1.54, 1.807) is 0 Å². The number of aliphatic hydroxyl groups is 5. The van der Waals surface area contributed by atoms with Gasteiger partial charge in [-0.3, -0.25) is 0 Å². The number of rotatable bonds is 7. The van der Waals surface area contributed by atoms with E-state index in [-0.39, 0.29) is 36.4 Å². The Balaban J connectivity index is 1.54. The number of ether oxygens (including phenoxy) is 3. The molecule has 9 atom stereocenters. The SMILES string of the molecule is C[C@]1(CCC2=CC(=O)OC2)[C@H](CO)CC[C@@]2(C)C(C(=O)O[C@@H]3O[C@H](CO)[C@@H](O)[C@H](O)[C@H]3O)=CCC[C@H]12. The Morgan fingerprint density at radius 2 is 1.86 bits per heavy atom. The molecule has 0 spiro atoms. The van der Waals surface area contributed by atoms with Crippen molar-refractivity contribution in [2.45, 2.75) is 83.1 Å². The van der Waals surface area contributed by atoms with Crippen molar-refractivity contribution in [3.63, 3.8) is 0 Å². The van der Waals surface area contributed by atoms with Gasteiger partial charge in [0.15, 0.2) is 0 Å². The second-order valence-corrected chi connectivity index (χ2v) is 11.1. The van der Waals surface area contributed by atoms with Gasteiger partial charge in [-0.05, 0) is 61.3 Å². The van der Waals surface area contributed by atoms with Gasteiger partial charge < -0.3 is 39.7 Å². The van der Waals surface area contributed by atoms with Gasteiger partial charge in [0, 0.05) is 23.7 Å². The first kappa shape index (κ1) is 27.2. The highest BCUT2D eigenvalue weighted by atomic mass is 16.7. The Bertz CT molecular complexity index is 912. The summed E-state index contributed by atoms with van der Waals surface area (Å²) in [5, 5.41) is 50.1. The molecular formula is C26H38O10. The molecule has 2 fully saturated rings.